The zero-order valence-electron chi connectivity index (χ0n) is 19.6. The number of urea groups is 1. The summed E-state index contributed by atoms with van der Waals surface area (Å²) in [6, 6.07) is 14.0. The van der Waals surface area contributed by atoms with E-state index in [2.05, 4.69) is 41.4 Å². The third-order valence-corrected chi connectivity index (χ3v) is 7.94. The minimum Gasteiger partial charge on any atom is -0.465 e. The summed E-state index contributed by atoms with van der Waals surface area (Å²) in [5.74, 6) is -0.331. The van der Waals surface area contributed by atoms with Gasteiger partial charge in [0.15, 0.2) is 0 Å². The Morgan fingerprint density at radius 2 is 1.73 bits per heavy atom. The summed E-state index contributed by atoms with van der Waals surface area (Å²) >= 11 is 0. The van der Waals surface area contributed by atoms with Gasteiger partial charge in [0, 0.05) is 13.1 Å². The number of benzene rings is 2. The molecule has 2 amide bonds. The number of piperidine rings is 3. The summed E-state index contributed by atoms with van der Waals surface area (Å²) in [6.07, 6.45) is 4.24. The van der Waals surface area contributed by atoms with Gasteiger partial charge < -0.3 is 19.9 Å². The SMILES string of the molecule is COC(=O)c1ccc2c(c1)CCN(C(=O)NCC13CCN(CC1)CC3)[C@H]2c1ccc(C)cc1. The maximum absolute atomic E-state index is 13.5. The number of amides is 2. The van der Waals surface area contributed by atoms with Gasteiger partial charge in [-0.15, -0.1) is 0 Å². The molecule has 0 aromatic heterocycles. The molecule has 4 aliphatic heterocycles. The number of aryl methyl sites for hydroxylation is 1. The van der Waals surface area contributed by atoms with E-state index in [1.54, 1.807) is 0 Å². The lowest BCUT2D eigenvalue weighted by atomic mass is 9.72. The Kier molecular flexibility index (Phi) is 5.87. The van der Waals surface area contributed by atoms with E-state index >= 15 is 0 Å². The standard InChI is InChI=1S/C27H33N3O3/c1-19-3-5-20(6-4-19)24-23-8-7-22(25(31)33-2)17-21(23)9-13-30(24)26(32)28-18-27-10-14-29(15-11-27)16-12-27/h3-8,17,24H,9-16,18H2,1-2H3,(H,28,32)/t24-/m0/s1. The number of nitrogens with zero attached hydrogens (tertiary/aromatic N) is 2. The predicted octanol–water partition coefficient (Wildman–Crippen LogP) is 3.92. The number of carbonyl (C=O) groups excluding carboxylic acids is 2. The average Bonchev–Trinajstić information content (AvgIpc) is 2.87. The minimum absolute atomic E-state index is 0.00523. The van der Waals surface area contributed by atoms with Gasteiger partial charge in [0.25, 0.3) is 0 Å². The fraction of sp³-hybridized carbons (Fsp3) is 0.481. The Labute approximate surface area is 195 Å². The summed E-state index contributed by atoms with van der Waals surface area (Å²) in [7, 11) is 1.40. The van der Waals surface area contributed by atoms with Gasteiger partial charge in [-0.05, 0) is 86.5 Å². The maximum Gasteiger partial charge on any atom is 0.337 e. The second-order valence-corrected chi connectivity index (χ2v) is 9.91. The molecule has 2 aromatic rings. The highest BCUT2D eigenvalue weighted by atomic mass is 16.5. The molecule has 0 spiro atoms. The highest BCUT2D eigenvalue weighted by Gasteiger charge is 2.40. The quantitative estimate of drug-likeness (QED) is 0.722. The summed E-state index contributed by atoms with van der Waals surface area (Å²) in [4.78, 5) is 30.1. The van der Waals surface area contributed by atoms with Crippen LogP contribution in [0.15, 0.2) is 42.5 Å². The summed E-state index contributed by atoms with van der Waals surface area (Å²) < 4.78 is 4.91. The van der Waals surface area contributed by atoms with Crippen molar-refractivity contribution in [3.63, 3.8) is 0 Å². The first-order chi connectivity index (χ1) is 16.0. The van der Waals surface area contributed by atoms with Crippen molar-refractivity contribution in [1.82, 2.24) is 15.1 Å². The smallest absolute Gasteiger partial charge is 0.337 e. The molecule has 1 N–H and O–H groups in total. The van der Waals surface area contributed by atoms with Crippen molar-refractivity contribution in [2.75, 3.05) is 39.8 Å². The van der Waals surface area contributed by atoms with Crippen molar-refractivity contribution in [3.05, 3.63) is 70.3 Å². The minimum atomic E-state index is -0.331. The third-order valence-electron chi connectivity index (χ3n) is 7.94. The molecular weight excluding hydrogens is 414 g/mol. The Hall–Kier alpha value is -2.86. The fourth-order valence-electron chi connectivity index (χ4n) is 5.72. The van der Waals surface area contributed by atoms with Crippen LogP contribution in [-0.4, -0.2) is 61.6 Å². The van der Waals surface area contributed by atoms with Crippen LogP contribution < -0.4 is 5.32 Å². The molecule has 174 valence electrons. The average molecular weight is 448 g/mol. The van der Waals surface area contributed by atoms with Crippen LogP contribution in [0.2, 0.25) is 0 Å². The number of esters is 1. The van der Waals surface area contributed by atoms with E-state index in [4.69, 9.17) is 4.74 Å². The Balaban J connectivity index is 1.41. The number of methoxy groups -OCH3 is 1. The van der Waals surface area contributed by atoms with Crippen LogP contribution in [0.5, 0.6) is 0 Å². The number of nitrogens with one attached hydrogen (secondary N) is 1. The Bertz CT molecular complexity index is 1030. The molecule has 6 heteroatoms. The molecule has 4 aliphatic rings. The first-order valence-electron chi connectivity index (χ1n) is 12.0. The molecule has 1 atom stereocenters. The molecule has 6 rings (SSSR count). The third kappa shape index (κ3) is 4.24. The van der Waals surface area contributed by atoms with Crippen molar-refractivity contribution in [2.24, 2.45) is 5.41 Å². The molecule has 3 saturated heterocycles. The molecule has 33 heavy (non-hydrogen) atoms. The Morgan fingerprint density at radius 1 is 1.03 bits per heavy atom. The zero-order valence-corrected chi connectivity index (χ0v) is 19.6. The van der Waals surface area contributed by atoms with Gasteiger partial charge in [-0.2, -0.15) is 0 Å². The van der Waals surface area contributed by atoms with Crippen molar-refractivity contribution < 1.29 is 14.3 Å². The highest BCUT2D eigenvalue weighted by molar-refractivity contribution is 5.89. The van der Waals surface area contributed by atoms with Crippen LogP contribution in [0, 0.1) is 12.3 Å². The lowest BCUT2D eigenvalue weighted by Crippen LogP contribution is -2.54. The van der Waals surface area contributed by atoms with Gasteiger partial charge in [-0.25, -0.2) is 9.59 Å². The van der Waals surface area contributed by atoms with Crippen molar-refractivity contribution in [3.8, 4) is 0 Å². The van der Waals surface area contributed by atoms with Gasteiger partial charge in [0.1, 0.15) is 0 Å². The van der Waals surface area contributed by atoms with Gasteiger partial charge in [0.2, 0.25) is 0 Å². The number of ether oxygens (including phenoxy) is 1. The molecule has 0 saturated carbocycles. The van der Waals surface area contributed by atoms with Crippen molar-refractivity contribution in [1.29, 1.82) is 0 Å². The highest BCUT2D eigenvalue weighted by Crippen LogP contribution is 2.40. The van der Waals surface area contributed by atoms with E-state index in [1.165, 1.54) is 31.9 Å². The van der Waals surface area contributed by atoms with Crippen LogP contribution in [0.25, 0.3) is 0 Å². The molecule has 0 radical (unpaired) electrons. The second kappa shape index (κ2) is 8.82. The van der Waals surface area contributed by atoms with E-state index in [9.17, 15) is 9.59 Å². The number of fused-ring (bicyclic) bond motifs is 4. The van der Waals surface area contributed by atoms with Crippen LogP contribution in [0.4, 0.5) is 4.79 Å². The molecule has 0 aliphatic carbocycles. The molecule has 0 unspecified atom stereocenters. The lowest BCUT2D eigenvalue weighted by molar-refractivity contribution is 0.0272. The van der Waals surface area contributed by atoms with E-state index in [-0.39, 0.29) is 23.5 Å². The zero-order chi connectivity index (χ0) is 23.0. The summed E-state index contributed by atoms with van der Waals surface area (Å²) in [5.41, 5.74) is 5.27. The summed E-state index contributed by atoms with van der Waals surface area (Å²) in [6.45, 7) is 6.90. The monoisotopic (exact) mass is 447 g/mol. The molecule has 2 aromatic carbocycles. The summed E-state index contributed by atoms with van der Waals surface area (Å²) in [5, 5.41) is 3.31. The van der Waals surface area contributed by atoms with Crippen molar-refractivity contribution >= 4 is 12.0 Å². The van der Waals surface area contributed by atoms with Crippen LogP contribution in [0.3, 0.4) is 0 Å². The Morgan fingerprint density at radius 3 is 2.39 bits per heavy atom. The number of carbonyl (C=O) groups is 2. The number of rotatable bonds is 4. The first-order valence-corrected chi connectivity index (χ1v) is 12.0. The van der Waals surface area contributed by atoms with Crippen LogP contribution >= 0.6 is 0 Å². The maximum atomic E-state index is 13.5. The normalized spacial score (nSPS) is 25.9. The van der Waals surface area contributed by atoms with Crippen LogP contribution in [0.1, 0.15) is 57.9 Å². The lowest BCUT2D eigenvalue weighted by Gasteiger charge is -2.48. The first kappa shape index (κ1) is 22.0. The topological polar surface area (TPSA) is 61.9 Å². The molecule has 6 nitrogen and oxygen atoms in total. The molecule has 2 bridgehead atoms. The van der Waals surface area contributed by atoms with Crippen LogP contribution in [-0.2, 0) is 11.2 Å². The predicted molar refractivity (Wildman–Crippen MR) is 127 cm³/mol. The number of hydrogen-bond acceptors (Lipinski definition) is 4. The fourth-order valence-corrected chi connectivity index (χ4v) is 5.72. The van der Waals surface area contributed by atoms with Gasteiger partial charge >= 0.3 is 12.0 Å². The van der Waals surface area contributed by atoms with E-state index in [0.717, 1.165) is 49.3 Å². The van der Waals surface area contributed by atoms with E-state index in [1.807, 2.05) is 23.1 Å². The molecule has 4 heterocycles. The largest absolute Gasteiger partial charge is 0.465 e. The van der Waals surface area contributed by atoms with Gasteiger partial charge in [0.05, 0.1) is 18.7 Å². The van der Waals surface area contributed by atoms with E-state index < -0.39 is 0 Å². The van der Waals surface area contributed by atoms with Gasteiger partial charge in [-0.1, -0.05) is 35.9 Å². The van der Waals surface area contributed by atoms with Gasteiger partial charge in [-0.3, -0.25) is 0 Å². The molecule has 3 fully saturated rings. The number of hydrogen-bond donors (Lipinski definition) is 1. The van der Waals surface area contributed by atoms with E-state index in [0.29, 0.717) is 12.1 Å². The molecular formula is C27H33N3O3. The van der Waals surface area contributed by atoms with Crippen molar-refractivity contribution in [2.45, 2.75) is 38.6 Å². The second-order valence-electron chi connectivity index (χ2n) is 9.91.